The predicted octanol–water partition coefficient (Wildman–Crippen LogP) is 1.46. The number of fused-ring (bicyclic) bond motifs is 5. The second kappa shape index (κ2) is 8.24. The monoisotopic (exact) mass is 464 g/mol. The van der Waals surface area contributed by atoms with E-state index in [2.05, 4.69) is 11.4 Å². The second-order valence-corrected chi connectivity index (χ2v) is 11.2. The third kappa shape index (κ3) is 3.91. The van der Waals surface area contributed by atoms with Crippen LogP contribution < -0.4 is 0 Å². The molecule has 0 aromatic rings. The van der Waals surface area contributed by atoms with Crippen molar-refractivity contribution in [2.45, 2.75) is 64.4 Å². The van der Waals surface area contributed by atoms with Crippen LogP contribution in [0, 0.1) is 28.6 Å². The third-order valence-corrected chi connectivity index (χ3v) is 9.10. The number of allylic oxidation sites excluding steroid dienone is 1. The zero-order chi connectivity index (χ0) is 22.1. The topological polar surface area (TPSA) is 138 Å². The fourth-order valence-electron chi connectivity index (χ4n) is 7.11. The van der Waals surface area contributed by atoms with Crippen molar-refractivity contribution in [3.63, 3.8) is 0 Å². The standard InChI is InChI=1S/C21H29O8P.Na.H/c1-19-7-5-13(22)9-12(19)3-4-14-15-6-8-21(25,17(24)11-29-30(26,27)28)20(15,2)10-16(23)18(14)19;;/h9,14-15,18,25H,3-8,10-11H2,1-2H3,(H2,26,27,28);;/t14-,15-,18+,19-,20-,21-;;/m0../s1. The molecule has 0 amide bonds. The van der Waals surface area contributed by atoms with Gasteiger partial charge in [-0.25, -0.2) is 4.57 Å². The van der Waals surface area contributed by atoms with Crippen LogP contribution in [0.4, 0.5) is 0 Å². The van der Waals surface area contributed by atoms with E-state index in [-0.39, 0.29) is 77.1 Å². The van der Waals surface area contributed by atoms with Crippen LogP contribution in [-0.2, 0) is 23.5 Å². The summed E-state index contributed by atoms with van der Waals surface area (Å²) < 4.78 is 15.4. The normalized spacial score (nSPS) is 42.1. The number of phosphoric acid groups is 1. The first-order valence-corrected chi connectivity index (χ1v) is 12.1. The summed E-state index contributed by atoms with van der Waals surface area (Å²) in [6.07, 6.45) is 5.01. The number of carbonyl (C=O) groups excluding carboxylic acids is 3. The van der Waals surface area contributed by atoms with E-state index in [1.54, 1.807) is 13.0 Å². The van der Waals surface area contributed by atoms with Gasteiger partial charge in [0.2, 0.25) is 0 Å². The first kappa shape index (κ1) is 25.4. The molecule has 4 aliphatic carbocycles. The number of hydrogen-bond donors (Lipinski definition) is 3. The van der Waals surface area contributed by atoms with E-state index < -0.39 is 31.2 Å². The van der Waals surface area contributed by atoms with E-state index in [1.165, 1.54) is 0 Å². The quantitative estimate of drug-likeness (QED) is 0.420. The molecule has 0 spiro atoms. The van der Waals surface area contributed by atoms with Crippen LogP contribution in [0.3, 0.4) is 0 Å². The van der Waals surface area contributed by atoms with Gasteiger partial charge >= 0.3 is 37.4 Å². The van der Waals surface area contributed by atoms with Crippen LogP contribution in [0.25, 0.3) is 0 Å². The molecular weight excluding hydrogens is 434 g/mol. The number of ketones is 3. The first-order chi connectivity index (χ1) is 13.8. The molecule has 3 saturated carbocycles. The molecule has 3 N–H and O–H groups in total. The third-order valence-electron chi connectivity index (χ3n) is 8.63. The van der Waals surface area contributed by atoms with Crippen molar-refractivity contribution >= 4 is 54.7 Å². The Labute approximate surface area is 203 Å². The van der Waals surface area contributed by atoms with Crippen molar-refractivity contribution in [2.24, 2.45) is 28.6 Å². The van der Waals surface area contributed by atoms with Crippen molar-refractivity contribution in [1.82, 2.24) is 0 Å². The van der Waals surface area contributed by atoms with Gasteiger partial charge in [-0.1, -0.05) is 19.4 Å². The summed E-state index contributed by atoms with van der Waals surface area (Å²) in [6.45, 7) is 2.94. The van der Waals surface area contributed by atoms with Gasteiger partial charge in [0.1, 0.15) is 18.0 Å². The molecule has 4 rings (SSSR count). The number of aliphatic hydroxyl groups is 1. The van der Waals surface area contributed by atoms with Gasteiger partial charge in [0.15, 0.2) is 11.6 Å². The summed E-state index contributed by atoms with van der Waals surface area (Å²) in [5.74, 6) is -0.943. The minimum atomic E-state index is -4.85. The van der Waals surface area contributed by atoms with Crippen LogP contribution in [0.5, 0.6) is 0 Å². The van der Waals surface area contributed by atoms with Crippen molar-refractivity contribution in [3.05, 3.63) is 11.6 Å². The predicted molar refractivity (Wildman–Crippen MR) is 112 cm³/mol. The average Bonchev–Trinajstić information content (AvgIpc) is 2.91. The molecule has 0 aromatic carbocycles. The van der Waals surface area contributed by atoms with Gasteiger partial charge in [0, 0.05) is 24.2 Å². The van der Waals surface area contributed by atoms with E-state index in [0.717, 1.165) is 18.4 Å². The van der Waals surface area contributed by atoms with E-state index >= 15 is 0 Å². The van der Waals surface area contributed by atoms with Gasteiger partial charge in [-0.05, 0) is 55.4 Å². The van der Waals surface area contributed by atoms with Crippen LogP contribution in [-0.4, -0.2) is 74.0 Å². The summed E-state index contributed by atoms with van der Waals surface area (Å²) in [6, 6.07) is 0. The van der Waals surface area contributed by atoms with Crippen LogP contribution in [0.1, 0.15) is 58.8 Å². The molecule has 0 radical (unpaired) electrons. The number of hydrogen-bond acceptors (Lipinski definition) is 6. The number of phosphoric ester groups is 1. The molecule has 8 nitrogen and oxygen atoms in total. The Bertz CT molecular complexity index is 896. The molecule has 0 saturated heterocycles. The molecule has 6 atom stereocenters. The Morgan fingerprint density at radius 2 is 1.87 bits per heavy atom. The zero-order valence-electron chi connectivity index (χ0n) is 17.3. The van der Waals surface area contributed by atoms with Crippen molar-refractivity contribution < 1.29 is 38.4 Å². The number of Topliss-reactive ketones (excluding diaryl/α,β-unsaturated/α-hetero) is 2. The maximum absolute atomic E-state index is 13.5. The van der Waals surface area contributed by atoms with Gasteiger partial charge in [-0.2, -0.15) is 0 Å². The average molecular weight is 464 g/mol. The summed E-state index contributed by atoms with van der Waals surface area (Å²) in [5, 5.41) is 11.4. The van der Waals surface area contributed by atoms with Crippen LogP contribution in [0.15, 0.2) is 11.6 Å². The van der Waals surface area contributed by atoms with E-state index in [4.69, 9.17) is 9.79 Å². The Morgan fingerprint density at radius 3 is 2.52 bits per heavy atom. The van der Waals surface area contributed by atoms with Gasteiger partial charge < -0.3 is 14.9 Å². The van der Waals surface area contributed by atoms with Crippen LogP contribution >= 0.6 is 7.82 Å². The fraction of sp³-hybridized carbons (Fsp3) is 0.762. The SMILES string of the molecule is C[C@]12CCC(=O)C=C1CC[C@@H]1[C@@H]2C(=O)C[C@@]2(C)[C@H]1CC[C@]2(O)C(=O)COP(=O)(O)O.[NaH]. The number of carbonyl (C=O) groups is 3. The van der Waals surface area contributed by atoms with E-state index in [0.29, 0.717) is 19.3 Å². The van der Waals surface area contributed by atoms with Crippen molar-refractivity contribution in [1.29, 1.82) is 0 Å². The van der Waals surface area contributed by atoms with Gasteiger partial charge in [0.25, 0.3) is 0 Å². The molecule has 0 aromatic heterocycles. The van der Waals surface area contributed by atoms with Crippen LogP contribution in [0.2, 0.25) is 0 Å². The maximum atomic E-state index is 13.5. The zero-order valence-corrected chi connectivity index (χ0v) is 18.2. The first-order valence-electron chi connectivity index (χ1n) is 10.5. The molecule has 0 bridgehead atoms. The van der Waals surface area contributed by atoms with E-state index in [1.807, 2.05) is 0 Å². The van der Waals surface area contributed by atoms with Gasteiger partial charge in [-0.3, -0.25) is 18.9 Å². The Balaban J connectivity index is 0.00000272. The van der Waals surface area contributed by atoms with Crippen molar-refractivity contribution in [3.8, 4) is 0 Å². The molecule has 0 heterocycles. The molecule has 3 fully saturated rings. The van der Waals surface area contributed by atoms with Crippen molar-refractivity contribution in [2.75, 3.05) is 6.61 Å². The van der Waals surface area contributed by atoms with E-state index in [9.17, 15) is 24.1 Å². The summed E-state index contributed by atoms with van der Waals surface area (Å²) in [7, 11) is -4.85. The Hall–Kier alpha value is -0.180. The molecule has 4 aliphatic rings. The molecular formula is C21H30NaO8P. The molecule has 10 heteroatoms. The minimum absolute atomic E-state index is 0. The molecule has 31 heavy (non-hydrogen) atoms. The molecule has 168 valence electrons. The van der Waals surface area contributed by atoms with Gasteiger partial charge in [-0.15, -0.1) is 0 Å². The molecule has 0 aliphatic heterocycles. The fourth-order valence-corrected chi connectivity index (χ4v) is 7.39. The summed E-state index contributed by atoms with van der Waals surface area (Å²) >= 11 is 0. The second-order valence-electron chi connectivity index (χ2n) is 9.99. The summed E-state index contributed by atoms with van der Waals surface area (Å²) in [4.78, 5) is 56.0. The number of rotatable bonds is 4. The Morgan fingerprint density at radius 1 is 1.19 bits per heavy atom. The Kier molecular flexibility index (Phi) is 6.76. The van der Waals surface area contributed by atoms with Gasteiger partial charge in [0.05, 0.1) is 0 Å². The molecule has 0 unspecified atom stereocenters. The summed E-state index contributed by atoms with van der Waals surface area (Å²) in [5.41, 5.74) is -2.16.